The lowest BCUT2D eigenvalue weighted by molar-refractivity contribution is 0.0646. The predicted octanol–water partition coefficient (Wildman–Crippen LogP) is 1.29. The Morgan fingerprint density at radius 2 is 2.20 bits per heavy atom. The molecule has 0 radical (unpaired) electrons. The molecule has 0 saturated heterocycles. The molecule has 0 aromatic carbocycles. The van der Waals surface area contributed by atoms with Crippen molar-refractivity contribution in [2.75, 3.05) is 14.2 Å². The first-order chi connectivity index (χ1) is 9.63. The van der Waals surface area contributed by atoms with Gasteiger partial charge in [-0.05, 0) is 13.3 Å². The van der Waals surface area contributed by atoms with Crippen LogP contribution in [0.15, 0.2) is 12.4 Å². The van der Waals surface area contributed by atoms with Crippen molar-refractivity contribution in [2.45, 2.75) is 20.3 Å². The molecule has 0 amide bonds. The second-order valence-electron chi connectivity index (χ2n) is 4.63. The van der Waals surface area contributed by atoms with E-state index in [1.54, 1.807) is 12.1 Å². The van der Waals surface area contributed by atoms with E-state index in [4.69, 9.17) is 9.57 Å². The van der Waals surface area contributed by atoms with Gasteiger partial charge in [-0.15, -0.1) is 0 Å². The van der Waals surface area contributed by atoms with Crippen molar-refractivity contribution >= 4 is 11.5 Å². The molecule has 0 unspecified atom stereocenters. The quantitative estimate of drug-likeness (QED) is 0.910. The van der Waals surface area contributed by atoms with Gasteiger partial charge in [-0.1, -0.05) is 12.5 Å². The Kier molecular flexibility index (Phi) is 2.98. The van der Waals surface area contributed by atoms with Crippen LogP contribution in [-0.4, -0.2) is 33.5 Å². The second-order valence-corrected chi connectivity index (χ2v) is 4.63. The molecule has 2 aromatic rings. The summed E-state index contributed by atoms with van der Waals surface area (Å²) in [5.41, 5.74) is 5.61. The first kappa shape index (κ1) is 12.7. The fourth-order valence-electron chi connectivity index (χ4n) is 2.32. The topological polar surface area (TPSA) is 63.9 Å². The maximum Gasteiger partial charge on any atom is 0.237 e. The lowest BCUT2D eigenvalue weighted by Crippen LogP contribution is -2.22. The number of imidazole rings is 1. The average Bonchev–Trinajstić information content (AvgIpc) is 3.04. The zero-order valence-corrected chi connectivity index (χ0v) is 12.0. The molecule has 106 valence electrons. The van der Waals surface area contributed by atoms with Gasteiger partial charge in [0.25, 0.3) is 0 Å². The van der Waals surface area contributed by atoms with Crippen LogP contribution in [0.1, 0.15) is 23.9 Å². The molecule has 0 spiro atoms. The average molecular weight is 275 g/mol. The highest BCUT2D eigenvalue weighted by atomic mass is 16.7. The number of rotatable bonds is 3. The highest BCUT2D eigenvalue weighted by Crippen LogP contribution is 2.24. The van der Waals surface area contributed by atoms with Gasteiger partial charge in [-0.25, -0.2) is 4.98 Å². The molecule has 0 bridgehead atoms. The molecular formula is C13H17N5O2. The van der Waals surface area contributed by atoms with Crippen molar-refractivity contribution < 1.29 is 9.57 Å². The van der Waals surface area contributed by atoms with E-state index >= 15 is 0 Å². The molecule has 1 aliphatic heterocycles. The monoisotopic (exact) mass is 275 g/mol. The van der Waals surface area contributed by atoms with Crippen LogP contribution in [0.25, 0.3) is 11.5 Å². The number of methoxy groups -OCH3 is 1. The minimum Gasteiger partial charge on any atom is -0.481 e. The third-order valence-corrected chi connectivity index (χ3v) is 3.35. The van der Waals surface area contributed by atoms with Crippen molar-refractivity contribution in [3.8, 4) is 5.88 Å². The Bertz CT molecular complexity index is 692. The number of hydrazine groups is 1. The Labute approximate surface area is 116 Å². The SMILES string of the molecule is CCc1c(OC)nc2nc(C3=CN(C)NO3)cn2c1C. The van der Waals surface area contributed by atoms with E-state index < -0.39 is 0 Å². The number of nitrogens with one attached hydrogen (secondary N) is 1. The second kappa shape index (κ2) is 4.68. The number of hydrogen-bond acceptors (Lipinski definition) is 6. The molecule has 0 aliphatic carbocycles. The molecule has 1 aliphatic rings. The number of nitrogens with zero attached hydrogens (tertiary/aromatic N) is 4. The van der Waals surface area contributed by atoms with Gasteiger partial charge < -0.3 is 9.57 Å². The van der Waals surface area contributed by atoms with Crippen molar-refractivity contribution in [2.24, 2.45) is 0 Å². The summed E-state index contributed by atoms with van der Waals surface area (Å²) < 4.78 is 7.30. The predicted molar refractivity (Wildman–Crippen MR) is 73.6 cm³/mol. The fourth-order valence-corrected chi connectivity index (χ4v) is 2.32. The van der Waals surface area contributed by atoms with Gasteiger partial charge in [0.15, 0.2) is 5.76 Å². The Morgan fingerprint density at radius 3 is 2.80 bits per heavy atom. The van der Waals surface area contributed by atoms with Crippen LogP contribution in [0.3, 0.4) is 0 Å². The van der Waals surface area contributed by atoms with Gasteiger partial charge in [-0.3, -0.25) is 9.41 Å². The summed E-state index contributed by atoms with van der Waals surface area (Å²) in [4.78, 5) is 14.3. The summed E-state index contributed by atoms with van der Waals surface area (Å²) in [6.07, 6.45) is 4.60. The molecule has 0 fully saturated rings. The van der Waals surface area contributed by atoms with Gasteiger partial charge >= 0.3 is 0 Å². The zero-order chi connectivity index (χ0) is 14.3. The fraction of sp³-hybridized carbons (Fsp3) is 0.385. The molecule has 7 heteroatoms. The van der Waals surface area contributed by atoms with Crippen LogP contribution < -0.4 is 10.3 Å². The molecule has 2 aromatic heterocycles. The number of aromatic nitrogens is 3. The zero-order valence-electron chi connectivity index (χ0n) is 12.0. The summed E-state index contributed by atoms with van der Waals surface area (Å²) in [7, 11) is 3.48. The van der Waals surface area contributed by atoms with E-state index in [1.807, 2.05) is 30.8 Å². The number of fused-ring (bicyclic) bond motifs is 1. The molecule has 1 N–H and O–H groups in total. The summed E-state index contributed by atoms with van der Waals surface area (Å²) >= 11 is 0. The first-order valence-electron chi connectivity index (χ1n) is 6.44. The van der Waals surface area contributed by atoms with Crippen molar-refractivity contribution in [1.82, 2.24) is 25.0 Å². The normalized spacial score (nSPS) is 14.6. The molecule has 0 atom stereocenters. The van der Waals surface area contributed by atoms with E-state index in [-0.39, 0.29) is 0 Å². The first-order valence-corrected chi connectivity index (χ1v) is 6.44. The smallest absolute Gasteiger partial charge is 0.237 e. The maximum absolute atomic E-state index is 5.35. The lowest BCUT2D eigenvalue weighted by atomic mass is 10.2. The van der Waals surface area contributed by atoms with Gasteiger partial charge in [0.05, 0.1) is 13.3 Å². The number of hydrogen-bond donors (Lipinski definition) is 1. The molecule has 7 nitrogen and oxygen atoms in total. The third kappa shape index (κ3) is 1.87. The van der Waals surface area contributed by atoms with Crippen molar-refractivity contribution in [3.63, 3.8) is 0 Å². The van der Waals surface area contributed by atoms with Crippen molar-refractivity contribution in [1.29, 1.82) is 0 Å². The highest BCUT2D eigenvalue weighted by Gasteiger charge is 2.19. The van der Waals surface area contributed by atoms with E-state index in [2.05, 4.69) is 22.5 Å². The number of ether oxygens (including phenoxy) is 1. The van der Waals surface area contributed by atoms with E-state index in [9.17, 15) is 0 Å². The molecular weight excluding hydrogens is 258 g/mol. The standard InChI is InChI=1S/C13H17N5O2/c1-5-9-8(2)18-6-10(11-7-17(3)16-20-11)14-13(18)15-12(9)19-4/h6-7,16H,5H2,1-4H3. The molecule has 0 saturated carbocycles. The Morgan fingerprint density at radius 1 is 1.40 bits per heavy atom. The van der Waals surface area contributed by atoms with Crippen LogP contribution in [0.5, 0.6) is 5.88 Å². The Hall–Kier alpha value is -2.28. The van der Waals surface area contributed by atoms with Gasteiger partial charge in [0.2, 0.25) is 11.7 Å². The third-order valence-electron chi connectivity index (χ3n) is 3.35. The van der Waals surface area contributed by atoms with Gasteiger partial charge in [0.1, 0.15) is 5.69 Å². The van der Waals surface area contributed by atoms with Gasteiger partial charge in [0, 0.05) is 24.5 Å². The number of aryl methyl sites for hydroxylation is 1. The highest BCUT2D eigenvalue weighted by molar-refractivity contribution is 5.59. The summed E-state index contributed by atoms with van der Waals surface area (Å²) in [5.74, 6) is 1.89. The molecule has 3 rings (SSSR count). The summed E-state index contributed by atoms with van der Waals surface area (Å²) in [5, 5.41) is 1.72. The van der Waals surface area contributed by atoms with Gasteiger partial charge in [-0.2, -0.15) is 4.98 Å². The molecule has 20 heavy (non-hydrogen) atoms. The molecule has 3 heterocycles. The lowest BCUT2D eigenvalue weighted by Gasteiger charge is -2.10. The minimum atomic E-state index is 0.602. The van der Waals surface area contributed by atoms with Crippen LogP contribution in [0.4, 0.5) is 0 Å². The van der Waals surface area contributed by atoms with Crippen LogP contribution in [0.2, 0.25) is 0 Å². The minimum absolute atomic E-state index is 0.602. The van der Waals surface area contributed by atoms with Crippen LogP contribution in [0, 0.1) is 6.92 Å². The summed E-state index contributed by atoms with van der Waals surface area (Å²) in [6.45, 7) is 4.12. The van der Waals surface area contributed by atoms with Crippen LogP contribution in [-0.2, 0) is 11.3 Å². The maximum atomic E-state index is 5.35. The van der Waals surface area contributed by atoms with Crippen LogP contribution >= 0.6 is 0 Å². The van der Waals surface area contributed by atoms with E-state index in [0.717, 1.165) is 23.4 Å². The summed E-state index contributed by atoms with van der Waals surface area (Å²) in [6, 6.07) is 0. The van der Waals surface area contributed by atoms with Crippen molar-refractivity contribution in [3.05, 3.63) is 29.3 Å². The van der Waals surface area contributed by atoms with E-state index in [0.29, 0.717) is 17.4 Å². The largest absolute Gasteiger partial charge is 0.481 e. The Balaban J connectivity index is 2.16. The van der Waals surface area contributed by atoms with E-state index in [1.165, 1.54) is 0 Å².